The number of aryl methyl sites for hydroxylation is 1. The van der Waals surface area contributed by atoms with Crippen molar-refractivity contribution in [1.29, 1.82) is 0 Å². The Bertz CT molecular complexity index is 588. The van der Waals surface area contributed by atoms with E-state index < -0.39 is 0 Å². The number of benzene rings is 1. The van der Waals surface area contributed by atoms with Gasteiger partial charge in [-0.05, 0) is 76.8 Å². The third-order valence-corrected chi connectivity index (χ3v) is 3.59. The molecule has 2 nitrogen and oxygen atoms in total. The fraction of sp³-hybridized carbons (Fsp3) is 0.429. The van der Waals surface area contributed by atoms with Gasteiger partial charge in [-0.15, -0.1) is 0 Å². The van der Waals surface area contributed by atoms with Crippen LogP contribution in [-0.2, 0) is 0 Å². The molecule has 0 atom stereocenters. The number of methoxy groups -OCH3 is 1. The van der Waals surface area contributed by atoms with E-state index in [-0.39, 0.29) is 0 Å². The van der Waals surface area contributed by atoms with Crippen LogP contribution < -0.4 is 9.47 Å². The maximum Gasteiger partial charge on any atom is 0.164 e. The van der Waals surface area contributed by atoms with Gasteiger partial charge < -0.3 is 9.47 Å². The van der Waals surface area contributed by atoms with Crippen molar-refractivity contribution in [1.82, 2.24) is 0 Å². The van der Waals surface area contributed by atoms with Crippen molar-refractivity contribution < 1.29 is 9.47 Å². The molecule has 0 bridgehead atoms. The van der Waals surface area contributed by atoms with Crippen molar-refractivity contribution in [2.75, 3.05) is 13.7 Å². The fourth-order valence-electron chi connectivity index (χ4n) is 2.35. The second-order valence-corrected chi connectivity index (χ2v) is 6.05. The van der Waals surface area contributed by atoms with Crippen LogP contribution in [0.25, 0.3) is 6.08 Å². The molecule has 0 N–H and O–H groups in total. The Labute approximate surface area is 141 Å². The number of hydrogen-bond donors (Lipinski definition) is 0. The molecule has 0 saturated carbocycles. The Morgan fingerprint density at radius 3 is 2.48 bits per heavy atom. The summed E-state index contributed by atoms with van der Waals surface area (Å²) < 4.78 is 11.4. The zero-order valence-corrected chi connectivity index (χ0v) is 15.4. The molecule has 0 aliphatic rings. The highest BCUT2D eigenvalue weighted by molar-refractivity contribution is 5.58. The van der Waals surface area contributed by atoms with E-state index in [1.807, 2.05) is 19.1 Å². The van der Waals surface area contributed by atoms with Crippen LogP contribution >= 0.6 is 0 Å². The van der Waals surface area contributed by atoms with Gasteiger partial charge in [-0.1, -0.05) is 29.4 Å². The van der Waals surface area contributed by atoms with E-state index in [1.165, 1.54) is 11.1 Å². The van der Waals surface area contributed by atoms with Gasteiger partial charge in [-0.25, -0.2) is 0 Å². The summed E-state index contributed by atoms with van der Waals surface area (Å²) in [6, 6.07) is 4.12. The van der Waals surface area contributed by atoms with Crippen molar-refractivity contribution in [3.05, 3.63) is 52.6 Å². The smallest absolute Gasteiger partial charge is 0.164 e. The van der Waals surface area contributed by atoms with Gasteiger partial charge in [0.15, 0.2) is 11.5 Å². The molecule has 0 aliphatic carbocycles. The Morgan fingerprint density at radius 2 is 1.87 bits per heavy atom. The first-order valence-electron chi connectivity index (χ1n) is 8.21. The average molecular weight is 314 g/mol. The molecule has 2 heteroatoms. The van der Waals surface area contributed by atoms with Crippen LogP contribution in [0.1, 0.15) is 51.7 Å². The maximum absolute atomic E-state index is 5.95. The monoisotopic (exact) mass is 314 g/mol. The standard InChI is InChI=1S/C21H30O2/c1-7-9-19-14-18(5)21(20(15-19)22-6)23-13-12-17(4)11-8-10-16(2)3/h7,9-10,12,14-15H,8,11,13H2,1-6H3/b9-7+,17-12+. The Morgan fingerprint density at radius 1 is 1.13 bits per heavy atom. The molecular formula is C21H30O2. The van der Waals surface area contributed by atoms with Gasteiger partial charge >= 0.3 is 0 Å². The quantitative estimate of drug-likeness (QED) is 0.539. The van der Waals surface area contributed by atoms with Crippen LogP contribution in [0.15, 0.2) is 41.5 Å². The van der Waals surface area contributed by atoms with Crippen molar-refractivity contribution in [2.45, 2.75) is 47.5 Å². The van der Waals surface area contributed by atoms with E-state index >= 15 is 0 Å². The fourth-order valence-corrected chi connectivity index (χ4v) is 2.35. The molecule has 0 radical (unpaired) electrons. The van der Waals surface area contributed by atoms with Crippen LogP contribution in [0.3, 0.4) is 0 Å². The molecule has 0 heterocycles. The largest absolute Gasteiger partial charge is 0.493 e. The van der Waals surface area contributed by atoms with Gasteiger partial charge in [-0.3, -0.25) is 0 Å². The zero-order chi connectivity index (χ0) is 17.2. The highest BCUT2D eigenvalue weighted by Crippen LogP contribution is 2.33. The van der Waals surface area contributed by atoms with Crippen LogP contribution in [0.5, 0.6) is 11.5 Å². The molecule has 1 aromatic rings. The lowest BCUT2D eigenvalue weighted by Crippen LogP contribution is -2.00. The predicted octanol–water partition coefficient (Wildman–Crippen LogP) is 6.11. The molecule has 1 rings (SSSR count). The van der Waals surface area contributed by atoms with Crippen molar-refractivity contribution in [3.63, 3.8) is 0 Å². The zero-order valence-electron chi connectivity index (χ0n) is 15.4. The number of hydrogen-bond acceptors (Lipinski definition) is 2. The van der Waals surface area contributed by atoms with Crippen LogP contribution in [0.4, 0.5) is 0 Å². The van der Waals surface area contributed by atoms with Crippen molar-refractivity contribution >= 4 is 6.08 Å². The first kappa shape index (κ1) is 19.1. The van der Waals surface area contributed by atoms with Crippen molar-refractivity contribution in [2.24, 2.45) is 0 Å². The van der Waals surface area contributed by atoms with Gasteiger partial charge in [0.05, 0.1) is 7.11 Å². The summed E-state index contributed by atoms with van der Waals surface area (Å²) in [5.74, 6) is 1.61. The maximum atomic E-state index is 5.95. The highest BCUT2D eigenvalue weighted by Gasteiger charge is 2.09. The lowest BCUT2D eigenvalue weighted by atomic mass is 10.1. The van der Waals surface area contributed by atoms with Crippen LogP contribution in [0.2, 0.25) is 0 Å². The van der Waals surface area contributed by atoms with E-state index in [1.54, 1.807) is 7.11 Å². The third kappa shape index (κ3) is 6.77. The minimum absolute atomic E-state index is 0.570. The minimum Gasteiger partial charge on any atom is -0.493 e. The molecule has 0 unspecified atom stereocenters. The SMILES string of the molecule is C/C=C/c1cc(C)c(OC/C=C(\C)CCC=C(C)C)c(OC)c1. The molecule has 0 aliphatic heterocycles. The van der Waals surface area contributed by atoms with Gasteiger partial charge in [0.25, 0.3) is 0 Å². The molecule has 0 fully saturated rings. The second kappa shape index (κ2) is 9.94. The Hall–Kier alpha value is -1.96. The summed E-state index contributed by atoms with van der Waals surface area (Å²) in [5.41, 5.74) is 4.94. The minimum atomic E-state index is 0.570. The van der Waals surface area contributed by atoms with Crippen LogP contribution in [0, 0.1) is 6.92 Å². The van der Waals surface area contributed by atoms with Gasteiger partial charge in [0, 0.05) is 0 Å². The van der Waals surface area contributed by atoms with E-state index in [9.17, 15) is 0 Å². The number of ether oxygens (including phenoxy) is 2. The average Bonchev–Trinajstić information content (AvgIpc) is 2.48. The summed E-state index contributed by atoms with van der Waals surface area (Å²) in [5, 5.41) is 0. The van der Waals surface area contributed by atoms with E-state index in [2.05, 4.69) is 52.0 Å². The number of rotatable bonds is 8. The molecule has 23 heavy (non-hydrogen) atoms. The Balaban J connectivity index is 2.72. The number of allylic oxidation sites excluding steroid dienone is 4. The second-order valence-electron chi connectivity index (χ2n) is 6.05. The summed E-state index contributed by atoms with van der Waals surface area (Å²) in [6.07, 6.45) is 10.7. The molecular weight excluding hydrogens is 284 g/mol. The van der Waals surface area contributed by atoms with Gasteiger partial charge in [-0.2, -0.15) is 0 Å². The lowest BCUT2D eigenvalue weighted by Gasteiger charge is -2.13. The summed E-state index contributed by atoms with van der Waals surface area (Å²) in [7, 11) is 1.68. The molecule has 0 saturated heterocycles. The Kier molecular flexibility index (Phi) is 8.25. The van der Waals surface area contributed by atoms with E-state index in [4.69, 9.17) is 9.47 Å². The third-order valence-electron chi connectivity index (χ3n) is 3.59. The summed E-state index contributed by atoms with van der Waals surface area (Å²) in [4.78, 5) is 0. The molecule has 0 spiro atoms. The van der Waals surface area contributed by atoms with E-state index in [0.717, 1.165) is 35.5 Å². The van der Waals surface area contributed by atoms with Crippen LogP contribution in [-0.4, -0.2) is 13.7 Å². The normalized spacial score (nSPS) is 11.7. The summed E-state index contributed by atoms with van der Waals surface area (Å²) >= 11 is 0. The lowest BCUT2D eigenvalue weighted by molar-refractivity contribution is 0.323. The molecule has 0 amide bonds. The topological polar surface area (TPSA) is 18.5 Å². The first-order valence-corrected chi connectivity index (χ1v) is 8.21. The molecule has 1 aromatic carbocycles. The van der Waals surface area contributed by atoms with Crippen molar-refractivity contribution in [3.8, 4) is 11.5 Å². The van der Waals surface area contributed by atoms with E-state index in [0.29, 0.717) is 6.61 Å². The molecule has 0 aromatic heterocycles. The first-order chi connectivity index (χ1) is 11.0. The summed E-state index contributed by atoms with van der Waals surface area (Å²) in [6.45, 7) is 11.1. The van der Waals surface area contributed by atoms with Gasteiger partial charge in [0.1, 0.15) is 6.61 Å². The predicted molar refractivity (Wildman–Crippen MR) is 100 cm³/mol. The van der Waals surface area contributed by atoms with Gasteiger partial charge in [0.2, 0.25) is 0 Å². The highest BCUT2D eigenvalue weighted by atomic mass is 16.5. The molecule has 126 valence electrons.